The van der Waals surface area contributed by atoms with Gasteiger partial charge in [0.25, 0.3) is 0 Å². The van der Waals surface area contributed by atoms with E-state index in [1.54, 1.807) is 14.2 Å². The second-order valence-electron chi connectivity index (χ2n) is 6.27. The molecule has 0 saturated carbocycles. The lowest BCUT2D eigenvalue weighted by atomic mass is 10.2. The van der Waals surface area contributed by atoms with Gasteiger partial charge in [-0.1, -0.05) is 11.3 Å². The summed E-state index contributed by atoms with van der Waals surface area (Å²) in [4.78, 5) is 1.81. The highest BCUT2D eigenvalue weighted by molar-refractivity contribution is 7.20. The van der Waals surface area contributed by atoms with Crippen molar-refractivity contribution in [1.29, 1.82) is 0 Å². The summed E-state index contributed by atoms with van der Waals surface area (Å²) < 4.78 is 29.2. The zero-order valence-corrected chi connectivity index (χ0v) is 16.6. The van der Waals surface area contributed by atoms with Crippen molar-refractivity contribution in [2.75, 3.05) is 21.0 Å². The number of fused-ring (bicyclic) bond motifs is 2. The summed E-state index contributed by atoms with van der Waals surface area (Å²) in [6.07, 6.45) is 1.99. The number of hydrogen-bond donors (Lipinski definition) is 0. The number of benzene rings is 2. The maximum Gasteiger partial charge on any atom is 0.231 e. The highest BCUT2D eigenvalue weighted by Gasteiger charge is 2.16. The fourth-order valence-corrected chi connectivity index (χ4v) is 3.97. The maximum absolute atomic E-state index is 5.88. The molecular weight excluding hydrogens is 394 g/mol. The van der Waals surface area contributed by atoms with Crippen molar-refractivity contribution in [3.63, 3.8) is 0 Å². The number of rotatable bonds is 6. The molecule has 1 aliphatic heterocycles. The van der Waals surface area contributed by atoms with Crippen LogP contribution in [0.1, 0.15) is 5.82 Å². The third kappa shape index (κ3) is 3.29. The van der Waals surface area contributed by atoms with Crippen LogP contribution in [0.3, 0.4) is 0 Å². The fraction of sp³-hybridized carbons (Fsp3) is 0.200. The molecule has 2 aromatic carbocycles. The van der Waals surface area contributed by atoms with Gasteiger partial charge in [-0.25, -0.2) is 0 Å². The van der Waals surface area contributed by atoms with Crippen LogP contribution in [0.5, 0.6) is 28.7 Å². The van der Waals surface area contributed by atoms with E-state index < -0.39 is 0 Å². The molecule has 0 saturated heterocycles. The Kier molecular flexibility index (Phi) is 4.36. The van der Waals surface area contributed by atoms with Crippen LogP contribution < -0.4 is 23.7 Å². The highest BCUT2D eigenvalue weighted by Crippen LogP contribution is 2.36. The summed E-state index contributed by atoms with van der Waals surface area (Å²) in [6.45, 7) is 0.509. The molecule has 0 atom stereocenters. The van der Waals surface area contributed by atoms with E-state index >= 15 is 0 Å². The molecule has 148 valence electrons. The Labute approximate surface area is 170 Å². The van der Waals surface area contributed by atoms with Gasteiger partial charge in [0.15, 0.2) is 17.3 Å². The molecule has 0 bridgehead atoms. The second kappa shape index (κ2) is 7.17. The Balaban J connectivity index is 1.40. The smallest absolute Gasteiger partial charge is 0.231 e. The number of nitrogens with zero attached hydrogens (tertiary/aromatic N) is 3. The molecule has 0 unspecified atom stereocenters. The third-order valence-electron chi connectivity index (χ3n) is 4.53. The van der Waals surface area contributed by atoms with Crippen LogP contribution in [0.4, 0.5) is 0 Å². The predicted octanol–water partition coefficient (Wildman–Crippen LogP) is 3.78. The van der Waals surface area contributed by atoms with E-state index in [9.17, 15) is 0 Å². The molecule has 0 fully saturated rings. The normalized spacial score (nSPS) is 12.3. The third-order valence-corrected chi connectivity index (χ3v) is 5.55. The Morgan fingerprint density at radius 3 is 2.55 bits per heavy atom. The number of methoxy groups -OCH3 is 2. The molecule has 0 aliphatic carbocycles. The van der Waals surface area contributed by atoms with E-state index in [4.69, 9.17) is 23.7 Å². The first-order valence-electron chi connectivity index (χ1n) is 8.83. The minimum atomic E-state index is 0.232. The number of thiazole rings is 1. The van der Waals surface area contributed by atoms with Gasteiger partial charge in [-0.3, -0.25) is 4.40 Å². The second-order valence-corrected chi connectivity index (χ2v) is 7.28. The van der Waals surface area contributed by atoms with Gasteiger partial charge in [0.1, 0.15) is 23.9 Å². The first-order chi connectivity index (χ1) is 14.2. The van der Waals surface area contributed by atoms with Crippen LogP contribution in [-0.2, 0) is 6.61 Å². The molecule has 0 spiro atoms. The summed E-state index contributed by atoms with van der Waals surface area (Å²) in [5, 5.41) is 8.50. The lowest BCUT2D eigenvalue weighted by Gasteiger charge is -2.07. The van der Waals surface area contributed by atoms with Crippen molar-refractivity contribution in [2.45, 2.75) is 6.61 Å². The topological polar surface area (TPSA) is 76.3 Å². The Hall–Kier alpha value is -3.46. The lowest BCUT2D eigenvalue weighted by molar-refractivity contribution is 0.173. The van der Waals surface area contributed by atoms with Crippen LogP contribution in [-0.4, -0.2) is 35.6 Å². The van der Waals surface area contributed by atoms with Gasteiger partial charge < -0.3 is 23.7 Å². The van der Waals surface area contributed by atoms with Gasteiger partial charge in [-0.15, -0.1) is 10.2 Å². The number of ether oxygens (including phenoxy) is 5. The minimum Gasteiger partial charge on any atom is -0.497 e. The van der Waals surface area contributed by atoms with Gasteiger partial charge >= 0.3 is 0 Å². The van der Waals surface area contributed by atoms with Gasteiger partial charge in [0.2, 0.25) is 11.8 Å². The summed E-state index contributed by atoms with van der Waals surface area (Å²) >= 11 is 1.53. The van der Waals surface area contributed by atoms with E-state index in [2.05, 4.69) is 10.2 Å². The molecule has 3 heterocycles. The Bertz CT molecular complexity index is 1160. The lowest BCUT2D eigenvalue weighted by Crippen LogP contribution is -2.00. The molecule has 8 nitrogen and oxygen atoms in total. The molecule has 4 aromatic rings. The first-order valence-corrected chi connectivity index (χ1v) is 9.64. The van der Waals surface area contributed by atoms with Crippen molar-refractivity contribution in [3.05, 3.63) is 48.4 Å². The van der Waals surface area contributed by atoms with Gasteiger partial charge in [0, 0.05) is 23.9 Å². The Morgan fingerprint density at radius 2 is 1.76 bits per heavy atom. The average Bonchev–Trinajstić information content (AvgIpc) is 3.47. The zero-order chi connectivity index (χ0) is 19.8. The zero-order valence-electron chi connectivity index (χ0n) is 15.7. The van der Waals surface area contributed by atoms with Crippen molar-refractivity contribution in [3.8, 4) is 39.2 Å². The summed E-state index contributed by atoms with van der Waals surface area (Å²) in [5.41, 5.74) is 0.985. The van der Waals surface area contributed by atoms with Crippen molar-refractivity contribution in [1.82, 2.24) is 14.6 Å². The van der Waals surface area contributed by atoms with E-state index in [0.717, 1.165) is 32.7 Å². The minimum absolute atomic E-state index is 0.232. The molecule has 9 heteroatoms. The van der Waals surface area contributed by atoms with E-state index in [1.165, 1.54) is 11.3 Å². The predicted molar refractivity (Wildman–Crippen MR) is 106 cm³/mol. The van der Waals surface area contributed by atoms with E-state index in [1.807, 2.05) is 47.0 Å². The fourth-order valence-electron chi connectivity index (χ4n) is 3.04. The molecule has 0 amide bonds. The monoisotopic (exact) mass is 411 g/mol. The molecular formula is C20H17N3O5S. The average molecular weight is 411 g/mol. The van der Waals surface area contributed by atoms with Crippen LogP contribution in [0, 0.1) is 0 Å². The summed E-state index contributed by atoms with van der Waals surface area (Å²) in [7, 11) is 3.27. The molecule has 1 aliphatic rings. The van der Waals surface area contributed by atoms with Crippen LogP contribution >= 0.6 is 11.3 Å². The number of hydrogen-bond acceptors (Lipinski definition) is 8. The molecule has 2 aromatic heterocycles. The standard InChI is InChI=1S/C20H17N3O5S/c1-24-14-5-12(6-15(7-14)25-2)18-9-23-19(21-22-20(23)29-18)10-26-13-3-4-16-17(8-13)28-11-27-16/h3-9H,10-11H2,1-2H3. The SMILES string of the molecule is COc1cc(OC)cc(-c2cn3c(COc4ccc5c(c4)OCO5)nnc3s2)c1. The summed E-state index contributed by atoms with van der Waals surface area (Å²) in [6, 6.07) is 11.2. The first kappa shape index (κ1) is 17.6. The molecule has 0 N–H and O–H groups in total. The van der Waals surface area contributed by atoms with E-state index in [0.29, 0.717) is 17.3 Å². The molecule has 29 heavy (non-hydrogen) atoms. The highest BCUT2D eigenvalue weighted by atomic mass is 32.1. The van der Waals surface area contributed by atoms with Crippen molar-refractivity contribution >= 4 is 16.3 Å². The summed E-state index contributed by atoms with van der Waals surface area (Å²) in [5.74, 6) is 4.25. The van der Waals surface area contributed by atoms with Gasteiger partial charge in [-0.2, -0.15) is 0 Å². The molecule has 5 rings (SSSR count). The van der Waals surface area contributed by atoms with Crippen molar-refractivity contribution in [2.24, 2.45) is 0 Å². The maximum atomic E-state index is 5.88. The number of aromatic nitrogens is 3. The van der Waals surface area contributed by atoms with E-state index in [-0.39, 0.29) is 13.4 Å². The van der Waals surface area contributed by atoms with Crippen LogP contribution in [0.15, 0.2) is 42.6 Å². The van der Waals surface area contributed by atoms with Gasteiger partial charge in [-0.05, 0) is 24.3 Å². The van der Waals surface area contributed by atoms with Gasteiger partial charge in [0.05, 0.1) is 19.1 Å². The van der Waals surface area contributed by atoms with Crippen molar-refractivity contribution < 1.29 is 23.7 Å². The van der Waals surface area contributed by atoms with Crippen LogP contribution in [0.25, 0.3) is 15.4 Å². The van der Waals surface area contributed by atoms with Crippen LogP contribution in [0.2, 0.25) is 0 Å². The quantitative estimate of drug-likeness (QED) is 0.478. The largest absolute Gasteiger partial charge is 0.497 e. The molecule has 0 radical (unpaired) electrons. The Morgan fingerprint density at radius 1 is 0.966 bits per heavy atom.